The van der Waals surface area contributed by atoms with Crippen LogP contribution in [0.2, 0.25) is 0 Å². The normalized spacial score (nSPS) is 17.0. The summed E-state index contributed by atoms with van der Waals surface area (Å²) in [4.78, 5) is 34.4. The Kier molecular flexibility index (Phi) is 5.23. The monoisotopic (exact) mass is 339 g/mol. The van der Waals surface area contributed by atoms with Gasteiger partial charge in [0.2, 0.25) is 5.91 Å². The molecule has 1 aliphatic heterocycles. The molecule has 1 atom stereocenters. The van der Waals surface area contributed by atoms with Crippen molar-refractivity contribution >= 4 is 17.6 Å². The maximum absolute atomic E-state index is 12.4. The molecule has 0 saturated carbocycles. The van der Waals surface area contributed by atoms with Gasteiger partial charge in [0.1, 0.15) is 0 Å². The van der Waals surface area contributed by atoms with Gasteiger partial charge >= 0.3 is 6.03 Å². The molecule has 1 aliphatic rings. The van der Waals surface area contributed by atoms with E-state index in [9.17, 15) is 9.59 Å². The smallest absolute Gasteiger partial charge is 0.321 e. The first-order chi connectivity index (χ1) is 12.2. The molecule has 0 bridgehead atoms. The van der Waals surface area contributed by atoms with Gasteiger partial charge in [-0.1, -0.05) is 30.3 Å². The van der Waals surface area contributed by atoms with Gasteiger partial charge in [0.15, 0.2) is 5.82 Å². The van der Waals surface area contributed by atoms with E-state index in [-0.39, 0.29) is 17.9 Å². The van der Waals surface area contributed by atoms with Crippen molar-refractivity contribution in [2.45, 2.75) is 12.8 Å². The molecule has 0 spiro atoms. The molecule has 2 aromatic rings. The lowest BCUT2D eigenvalue weighted by Gasteiger charge is -2.31. The van der Waals surface area contributed by atoms with Gasteiger partial charge in [-0.2, -0.15) is 0 Å². The first kappa shape index (κ1) is 16.9. The molecule has 7 nitrogen and oxygen atoms in total. The molecule has 1 aromatic carbocycles. The van der Waals surface area contributed by atoms with E-state index in [1.807, 2.05) is 30.3 Å². The summed E-state index contributed by atoms with van der Waals surface area (Å²) in [5, 5.41) is 5.45. The number of urea groups is 1. The molecule has 1 unspecified atom stereocenters. The first-order valence-electron chi connectivity index (χ1n) is 8.32. The number of hydrogen-bond donors (Lipinski definition) is 2. The number of piperidine rings is 1. The van der Waals surface area contributed by atoms with Gasteiger partial charge < -0.3 is 15.5 Å². The quantitative estimate of drug-likeness (QED) is 0.897. The Hall–Kier alpha value is -2.96. The van der Waals surface area contributed by atoms with Crippen LogP contribution in [0.5, 0.6) is 0 Å². The van der Waals surface area contributed by atoms with E-state index in [0.717, 1.165) is 18.4 Å². The Morgan fingerprint density at radius 1 is 1.16 bits per heavy atom. The van der Waals surface area contributed by atoms with Crippen molar-refractivity contribution in [2.24, 2.45) is 5.92 Å². The molecule has 3 amide bonds. The second-order valence-electron chi connectivity index (χ2n) is 5.99. The molecule has 3 rings (SSSR count). The van der Waals surface area contributed by atoms with Crippen LogP contribution in [0.15, 0.2) is 42.7 Å². The number of hydrogen-bond acceptors (Lipinski definition) is 4. The van der Waals surface area contributed by atoms with Crippen LogP contribution < -0.4 is 10.6 Å². The highest BCUT2D eigenvalue weighted by atomic mass is 16.2. The number of nitrogens with one attached hydrogen (secondary N) is 2. The molecule has 7 heteroatoms. The summed E-state index contributed by atoms with van der Waals surface area (Å²) in [5.74, 6) is 0.436. The maximum Gasteiger partial charge on any atom is 0.321 e. The van der Waals surface area contributed by atoms with Gasteiger partial charge in [-0.25, -0.2) is 14.8 Å². The Balaban J connectivity index is 1.62. The van der Waals surface area contributed by atoms with Crippen LogP contribution in [0.3, 0.4) is 0 Å². The minimum Gasteiger partial charge on any atom is -0.359 e. The number of nitrogens with zero attached hydrogens (tertiary/aromatic N) is 3. The molecule has 0 radical (unpaired) electrons. The largest absolute Gasteiger partial charge is 0.359 e. The minimum atomic E-state index is -0.232. The molecule has 1 aromatic heterocycles. The predicted octanol–water partition coefficient (Wildman–Crippen LogP) is 2.13. The van der Waals surface area contributed by atoms with Crippen LogP contribution in [0.25, 0.3) is 11.4 Å². The summed E-state index contributed by atoms with van der Waals surface area (Å²) in [6.45, 7) is 1.07. The number of carbonyl (C=O) groups excluding carboxylic acids is 2. The number of anilines is 1. The van der Waals surface area contributed by atoms with Crippen molar-refractivity contribution in [2.75, 3.05) is 25.5 Å². The van der Waals surface area contributed by atoms with Gasteiger partial charge in [-0.05, 0) is 12.8 Å². The molecule has 2 heterocycles. The minimum absolute atomic E-state index is 0.0203. The SMILES string of the molecule is CNC(=O)C1CCCN(C(=O)Nc2cnc(-c3ccccc3)nc2)C1. The average molecular weight is 339 g/mol. The second kappa shape index (κ2) is 7.74. The van der Waals surface area contributed by atoms with Crippen LogP contribution in [0, 0.1) is 5.92 Å². The molecule has 2 N–H and O–H groups in total. The first-order valence-corrected chi connectivity index (χ1v) is 8.32. The Morgan fingerprint density at radius 3 is 2.56 bits per heavy atom. The number of rotatable bonds is 3. The zero-order chi connectivity index (χ0) is 17.6. The van der Waals surface area contributed by atoms with Gasteiger partial charge in [-0.3, -0.25) is 4.79 Å². The summed E-state index contributed by atoms with van der Waals surface area (Å²) >= 11 is 0. The lowest BCUT2D eigenvalue weighted by atomic mass is 9.97. The van der Waals surface area contributed by atoms with Crippen molar-refractivity contribution in [1.29, 1.82) is 0 Å². The van der Waals surface area contributed by atoms with Crippen LogP contribution >= 0.6 is 0 Å². The zero-order valence-electron chi connectivity index (χ0n) is 14.1. The third-order valence-corrected chi connectivity index (χ3v) is 4.26. The number of amides is 3. The fraction of sp³-hybridized carbons (Fsp3) is 0.333. The second-order valence-corrected chi connectivity index (χ2v) is 5.99. The molecule has 1 saturated heterocycles. The van der Waals surface area contributed by atoms with Crippen molar-refractivity contribution < 1.29 is 9.59 Å². The van der Waals surface area contributed by atoms with E-state index in [0.29, 0.717) is 24.6 Å². The van der Waals surface area contributed by atoms with Crippen molar-refractivity contribution in [3.05, 3.63) is 42.7 Å². The number of carbonyl (C=O) groups is 2. The third-order valence-electron chi connectivity index (χ3n) is 4.26. The van der Waals surface area contributed by atoms with Gasteiger partial charge in [0.25, 0.3) is 0 Å². The van der Waals surface area contributed by atoms with E-state index in [4.69, 9.17) is 0 Å². The summed E-state index contributed by atoms with van der Waals surface area (Å²) in [5.41, 5.74) is 1.46. The maximum atomic E-state index is 12.4. The van der Waals surface area contributed by atoms with E-state index < -0.39 is 0 Å². The Labute approximate surface area is 146 Å². The van der Waals surface area contributed by atoms with Gasteiger partial charge in [0, 0.05) is 25.7 Å². The Morgan fingerprint density at radius 2 is 1.88 bits per heavy atom. The van der Waals surface area contributed by atoms with E-state index in [2.05, 4.69) is 20.6 Å². The third kappa shape index (κ3) is 4.12. The molecule has 0 aliphatic carbocycles. The van der Waals surface area contributed by atoms with E-state index in [1.54, 1.807) is 24.3 Å². The van der Waals surface area contributed by atoms with E-state index >= 15 is 0 Å². The number of benzene rings is 1. The standard InChI is InChI=1S/C18H21N5O2/c1-19-17(24)14-8-5-9-23(12-14)18(25)22-15-10-20-16(21-11-15)13-6-3-2-4-7-13/h2-4,6-7,10-11,14H,5,8-9,12H2,1H3,(H,19,24)(H,22,25). The summed E-state index contributed by atoms with van der Waals surface area (Å²) in [7, 11) is 1.62. The van der Waals surface area contributed by atoms with Crippen molar-refractivity contribution in [3.63, 3.8) is 0 Å². The van der Waals surface area contributed by atoms with Gasteiger partial charge in [-0.15, -0.1) is 0 Å². The highest BCUT2D eigenvalue weighted by molar-refractivity contribution is 5.89. The van der Waals surface area contributed by atoms with Crippen LogP contribution in [0.4, 0.5) is 10.5 Å². The van der Waals surface area contributed by atoms with Crippen LogP contribution in [0.1, 0.15) is 12.8 Å². The van der Waals surface area contributed by atoms with Crippen molar-refractivity contribution in [3.8, 4) is 11.4 Å². The summed E-state index contributed by atoms with van der Waals surface area (Å²) in [6, 6.07) is 9.41. The molecule has 25 heavy (non-hydrogen) atoms. The number of likely N-dealkylation sites (tertiary alicyclic amines) is 1. The van der Waals surface area contributed by atoms with Crippen LogP contribution in [-0.2, 0) is 4.79 Å². The van der Waals surface area contributed by atoms with E-state index in [1.165, 1.54) is 0 Å². The lowest BCUT2D eigenvalue weighted by Crippen LogP contribution is -2.46. The molecule has 130 valence electrons. The van der Waals surface area contributed by atoms with Gasteiger partial charge in [0.05, 0.1) is 24.0 Å². The summed E-state index contributed by atoms with van der Waals surface area (Å²) in [6.07, 6.45) is 4.80. The highest BCUT2D eigenvalue weighted by Crippen LogP contribution is 2.18. The number of aromatic nitrogens is 2. The molecular formula is C18H21N5O2. The fourth-order valence-corrected chi connectivity index (χ4v) is 2.91. The molecular weight excluding hydrogens is 318 g/mol. The van der Waals surface area contributed by atoms with Crippen LogP contribution in [-0.4, -0.2) is 46.9 Å². The zero-order valence-corrected chi connectivity index (χ0v) is 14.1. The Bertz CT molecular complexity index is 733. The predicted molar refractivity (Wildman–Crippen MR) is 94.9 cm³/mol. The average Bonchev–Trinajstić information content (AvgIpc) is 2.68. The lowest BCUT2D eigenvalue weighted by molar-refractivity contribution is -0.125. The highest BCUT2D eigenvalue weighted by Gasteiger charge is 2.27. The fourth-order valence-electron chi connectivity index (χ4n) is 2.91. The van der Waals surface area contributed by atoms with Crippen molar-refractivity contribution in [1.82, 2.24) is 20.2 Å². The topological polar surface area (TPSA) is 87.2 Å². The molecule has 1 fully saturated rings. The summed E-state index contributed by atoms with van der Waals surface area (Å²) < 4.78 is 0.